The van der Waals surface area contributed by atoms with Gasteiger partial charge in [0.25, 0.3) is 0 Å². The molecule has 0 aromatic heterocycles. The summed E-state index contributed by atoms with van der Waals surface area (Å²) in [6.07, 6.45) is 0.715. The molecule has 0 bridgehead atoms. The Kier molecular flexibility index (Phi) is 19.9. The number of likely N-dealkylation sites (tertiary alicyclic amines) is 2. The Hall–Kier alpha value is -3.24. The number of thioether (sulfide) groups is 4. The predicted octanol–water partition coefficient (Wildman–Crippen LogP) is 5.03. The molecule has 6 atom stereocenters. The van der Waals surface area contributed by atoms with Crippen LogP contribution in [0.3, 0.4) is 0 Å². The van der Waals surface area contributed by atoms with Crippen LogP contribution >= 0.6 is 47.0 Å². The third-order valence-corrected chi connectivity index (χ3v) is 14.3. The maximum Gasteiger partial charge on any atom is 2.00 e. The van der Waals surface area contributed by atoms with Gasteiger partial charge in [0.15, 0.2) is 0 Å². The van der Waals surface area contributed by atoms with E-state index >= 15 is 0 Å². The molecule has 0 saturated carbocycles. The number of amides is 2. The summed E-state index contributed by atoms with van der Waals surface area (Å²) in [5.74, 6) is -3.26. The van der Waals surface area contributed by atoms with E-state index in [0.29, 0.717) is 48.6 Å². The van der Waals surface area contributed by atoms with Crippen molar-refractivity contribution >= 4 is 119 Å². The van der Waals surface area contributed by atoms with Crippen molar-refractivity contribution in [3.8, 4) is 0 Å². The Balaban J connectivity index is 0.000000256. The molecule has 0 N–H and O–H groups in total. The summed E-state index contributed by atoms with van der Waals surface area (Å²) in [5.41, 5.74) is 1.18. The molecule has 0 aliphatic carbocycles. The van der Waals surface area contributed by atoms with Gasteiger partial charge in [-0.15, -0.1) is 23.5 Å². The second-order valence-electron chi connectivity index (χ2n) is 14.0. The van der Waals surface area contributed by atoms with Crippen LogP contribution in [0.4, 0.5) is 0 Å². The number of rotatable bonds is 14. The van der Waals surface area contributed by atoms with E-state index in [1.54, 1.807) is 85.9 Å². The molecule has 2 amide bonds. The molecule has 4 aromatic rings. The van der Waals surface area contributed by atoms with E-state index < -0.39 is 35.9 Å². The van der Waals surface area contributed by atoms with Crippen LogP contribution in [0.25, 0.3) is 0 Å². The zero-order valence-corrected chi connectivity index (χ0v) is 38.2. The zero-order chi connectivity index (χ0) is 41.6. The number of hydrogen-bond acceptors (Lipinski definition) is 12. The van der Waals surface area contributed by atoms with Crippen LogP contribution < -0.4 is 10.2 Å². The fourth-order valence-electron chi connectivity index (χ4n) is 6.51. The Morgan fingerprint density at radius 1 is 0.542 bits per heavy atom. The summed E-state index contributed by atoms with van der Waals surface area (Å²) in [6.45, 7) is 4.19. The maximum absolute atomic E-state index is 12.9. The van der Waals surface area contributed by atoms with Gasteiger partial charge in [-0.05, 0) is 37.1 Å². The summed E-state index contributed by atoms with van der Waals surface area (Å²) in [7, 11) is 0. The summed E-state index contributed by atoms with van der Waals surface area (Å²) in [5, 5.41) is 23.0. The molecule has 2 aliphatic rings. The summed E-state index contributed by atoms with van der Waals surface area (Å²) in [6, 6.07) is 35.4. The van der Waals surface area contributed by atoms with Gasteiger partial charge in [-0.25, -0.2) is 0 Å². The standard InChI is InChI=1S/2C22H23NO4S2.Ca/c2*1-15(14-28-22(27)16-8-4-2-5-9-16)20(24)23-13-18(12-19(23)21(25)26)29-17-10-6-3-7-11-17;/h2*2-11,15,18-19H,12-14H2,1H3,(H,25,26);/q;;+2/p-2/t2*15-,18+,19-;/m11./s1. The number of carboxylic acid groups (broad SMARTS) is 2. The largest absolute Gasteiger partial charge is 2.00 e. The van der Waals surface area contributed by atoms with Crippen LogP contribution in [0.1, 0.15) is 47.4 Å². The first-order valence-corrected chi connectivity index (χ1v) is 22.5. The molecule has 6 rings (SSSR count). The number of carbonyl (C=O) groups excluding carboxylic acids is 6. The molecule has 0 radical (unpaired) electrons. The van der Waals surface area contributed by atoms with Gasteiger partial charge < -0.3 is 29.6 Å². The van der Waals surface area contributed by atoms with Gasteiger partial charge >= 0.3 is 37.7 Å². The van der Waals surface area contributed by atoms with E-state index in [2.05, 4.69) is 0 Å². The van der Waals surface area contributed by atoms with Gasteiger partial charge in [0.05, 0.1) is 24.0 Å². The molecule has 304 valence electrons. The first-order valence-electron chi connectivity index (χ1n) is 18.8. The fraction of sp³-hybridized carbons (Fsp3) is 0.318. The molecule has 10 nitrogen and oxygen atoms in total. The van der Waals surface area contributed by atoms with Crippen LogP contribution in [0.5, 0.6) is 0 Å². The Morgan fingerprint density at radius 3 is 1.15 bits per heavy atom. The predicted molar refractivity (Wildman–Crippen MR) is 233 cm³/mol. The first-order chi connectivity index (χ1) is 27.9. The van der Waals surface area contributed by atoms with Crippen LogP contribution in [0.15, 0.2) is 131 Å². The van der Waals surface area contributed by atoms with Crippen molar-refractivity contribution in [2.24, 2.45) is 11.8 Å². The monoisotopic (exact) mass is 896 g/mol. The molecule has 2 fully saturated rings. The van der Waals surface area contributed by atoms with Crippen LogP contribution in [-0.4, -0.2) is 129 Å². The minimum atomic E-state index is -1.23. The van der Waals surface area contributed by atoms with Crippen molar-refractivity contribution in [1.29, 1.82) is 0 Å². The molecule has 59 heavy (non-hydrogen) atoms. The molecular weight excluding hydrogens is 853 g/mol. The number of benzene rings is 4. The van der Waals surface area contributed by atoms with Crippen molar-refractivity contribution in [3.63, 3.8) is 0 Å². The van der Waals surface area contributed by atoms with Gasteiger partial charge in [-0.1, -0.05) is 134 Å². The van der Waals surface area contributed by atoms with Gasteiger partial charge in [0.2, 0.25) is 22.0 Å². The third-order valence-electron chi connectivity index (χ3n) is 9.52. The fourth-order valence-corrected chi connectivity index (χ4v) is 10.6. The van der Waals surface area contributed by atoms with Crippen LogP contribution in [0, 0.1) is 11.8 Å². The number of aliphatic carboxylic acids is 2. The van der Waals surface area contributed by atoms with E-state index in [4.69, 9.17) is 0 Å². The van der Waals surface area contributed by atoms with Gasteiger partial charge in [0, 0.05) is 67.8 Å². The molecule has 2 heterocycles. The van der Waals surface area contributed by atoms with E-state index in [0.717, 1.165) is 33.3 Å². The minimum absolute atomic E-state index is 0. The van der Waals surface area contributed by atoms with Crippen LogP contribution in [-0.2, 0) is 19.2 Å². The average Bonchev–Trinajstić information content (AvgIpc) is 3.87. The Labute approximate surface area is 392 Å². The Bertz CT molecular complexity index is 1870. The van der Waals surface area contributed by atoms with E-state index in [1.165, 1.54) is 9.80 Å². The average molecular weight is 897 g/mol. The number of hydrogen-bond donors (Lipinski definition) is 0. The SMILES string of the molecule is C[C@H](CSC(=O)c1ccccc1)C(=O)N1C[C@@H](Sc2ccccc2)C[C@@H]1C(=O)[O-].C[C@H](CSC(=O)c1ccccc1)C(=O)N1C[C@@H](Sc2ccccc2)C[C@@H]1C(=O)[O-].[Ca+2]. The molecule has 2 aliphatic heterocycles. The Morgan fingerprint density at radius 2 is 0.847 bits per heavy atom. The molecular formula is C44H44CaN2O8S4. The van der Waals surface area contributed by atoms with E-state index in [-0.39, 0.29) is 70.3 Å². The number of carbonyl (C=O) groups is 6. The van der Waals surface area contributed by atoms with Crippen molar-refractivity contribution in [2.45, 2.75) is 59.1 Å². The molecule has 0 unspecified atom stereocenters. The van der Waals surface area contributed by atoms with Crippen LogP contribution in [0.2, 0.25) is 0 Å². The van der Waals surface area contributed by atoms with Crippen molar-refractivity contribution in [1.82, 2.24) is 9.80 Å². The summed E-state index contributed by atoms with van der Waals surface area (Å²) < 4.78 is 0. The van der Waals surface area contributed by atoms with Crippen molar-refractivity contribution in [3.05, 3.63) is 132 Å². The normalized spacial score (nSPS) is 19.4. The molecule has 15 heteroatoms. The van der Waals surface area contributed by atoms with E-state index in [9.17, 15) is 39.0 Å². The first kappa shape index (κ1) is 48.4. The molecule has 2 saturated heterocycles. The van der Waals surface area contributed by atoms with Crippen molar-refractivity contribution in [2.75, 3.05) is 24.6 Å². The number of carboxylic acids is 2. The molecule has 0 spiro atoms. The smallest absolute Gasteiger partial charge is 0.548 e. The van der Waals surface area contributed by atoms with Gasteiger partial charge in [0.1, 0.15) is 0 Å². The quantitative estimate of drug-likeness (QED) is 0.156. The summed E-state index contributed by atoms with van der Waals surface area (Å²) in [4.78, 5) is 78.5. The van der Waals surface area contributed by atoms with Crippen molar-refractivity contribution < 1.29 is 39.0 Å². The third kappa shape index (κ3) is 14.4. The topological polar surface area (TPSA) is 155 Å². The second-order valence-corrected chi connectivity index (χ2v) is 18.7. The maximum atomic E-state index is 12.9. The second kappa shape index (κ2) is 24.3. The number of nitrogens with zero attached hydrogens (tertiary/aromatic N) is 2. The van der Waals surface area contributed by atoms with Gasteiger partial charge in [-0.3, -0.25) is 19.2 Å². The molecule has 4 aromatic carbocycles. The summed E-state index contributed by atoms with van der Waals surface area (Å²) >= 11 is 5.32. The zero-order valence-electron chi connectivity index (χ0n) is 32.8. The van der Waals surface area contributed by atoms with Gasteiger partial charge in [-0.2, -0.15) is 0 Å². The van der Waals surface area contributed by atoms with E-state index in [1.807, 2.05) is 72.8 Å². The minimum Gasteiger partial charge on any atom is -0.548 e.